The molecule has 0 amide bonds. The first kappa shape index (κ1) is 23.7. The number of benzene rings is 1. The lowest BCUT2D eigenvalue weighted by Crippen LogP contribution is -2.52. The van der Waals surface area contributed by atoms with Crippen molar-refractivity contribution in [3.8, 4) is 11.1 Å². The Morgan fingerprint density at radius 1 is 1.13 bits per heavy atom. The highest BCUT2D eigenvalue weighted by atomic mass is 32.2. The Morgan fingerprint density at radius 3 is 2.27 bits per heavy atom. The molecule has 0 saturated carbocycles. The van der Waals surface area contributed by atoms with Crippen molar-refractivity contribution in [2.45, 2.75) is 24.2 Å². The maximum Gasteiger partial charge on any atom is 0.424 e. The number of alkyl halides is 3. The number of carbonyl (C=O) groups is 1. The molecular weight excluding hydrogens is 427 g/mol. The molecule has 0 aliphatic carbocycles. The zero-order chi connectivity index (χ0) is 22.6. The number of aliphatic carboxylic acids is 1. The van der Waals surface area contributed by atoms with Crippen LogP contribution >= 0.6 is 0 Å². The van der Waals surface area contributed by atoms with Crippen molar-refractivity contribution in [1.82, 2.24) is 9.71 Å². The van der Waals surface area contributed by atoms with Crippen LogP contribution in [0.2, 0.25) is 0 Å². The quantitative estimate of drug-likeness (QED) is 0.453. The van der Waals surface area contributed by atoms with Gasteiger partial charge in [-0.1, -0.05) is 36.4 Å². The van der Waals surface area contributed by atoms with Crippen molar-refractivity contribution in [3.63, 3.8) is 0 Å². The normalized spacial score (nSPS) is 15.4. The number of aromatic nitrogens is 1. The van der Waals surface area contributed by atoms with Gasteiger partial charge in [0.15, 0.2) is 0 Å². The van der Waals surface area contributed by atoms with Crippen LogP contribution in [0.25, 0.3) is 11.1 Å². The number of carboxylic acids is 1. The number of nitrogens with zero attached hydrogens (tertiary/aromatic N) is 1. The zero-order valence-corrected chi connectivity index (χ0v) is 16.3. The van der Waals surface area contributed by atoms with Crippen molar-refractivity contribution in [2.75, 3.05) is 12.3 Å². The summed E-state index contributed by atoms with van der Waals surface area (Å²) < 4.78 is 66.3. The van der Waals surface area contributed by atoms with E-state index in [1.807, 2.05) is 0 Å². The largest absolute Gasteiger partial charge is 0.480 e. The number of hydrogen-bond donors (Lipinski definition) is 4. The molecule has 8 nitrogen and oxygen atoms in total. The number of pyridine rings is 1. The van der Waals surface area contributed by atoms with E-state index in [4.69, 9.17) is 10.8 Å². The molecule has 164 valence electrons. The molecule has 5 N–H and O–H groups in total. The summed E-state index contributed by atoms with van der Waals surface area (Å²) >= 11 is 0. The van der Waals surface area contributed by atoms with Crippen LogP contribution in [0.1, 0.15) is 12.1 Å². The minimum atomic E-state index is -5.24. The summed E-state index contributed by atoms with van der Waals surface area (Å²) in [7, 11) is -4.34. The van der Waals surface area contributed by atoms with Gasteiger partial charge in [-0.2, -0.15) is 13.2 Å². The fourth-order valence-corrected chi connectivity index (χ4v) is 3.61. The fourth-order valence-electron chi connectivity index (χ4n) is 2.47. The molecule has 2 aromatic rings. The minimum absolute atomic E-state index is 0.507. The van der Waals surface area contributed by atoms with Gasteiger partial charge in [-0.3, -0.25) is 9.78 Å². The van der Waals surface area contributed by atoms with Gasteiger partial charge in [-0.05, 0) is 18.1 Å². The highest BCUT2D eigenvalue weighted by molar-refractivity contribution is 7.89. The Hall–Kier alpha value is -2.54. The van der Waals surface area contributed by atoms with E-state index in [9.17, 15) is 31.5 Å². The molecule has 2 rings (SSSR count). The summed E-state index contributed by atoms with van der Waals surface area (Å²) in [6.45, 7) is -1.43. The monoisotopic (exact) mass is 447 g/mol. The molecule has 30 heavy (non-hydrogen) atoms. The molecule has 0 radical (unpaired) electrons. The van der Waals surface area contributed by atoms with Crippen LogP contribution in [0, 0.1) is 0 Å². The number of aliphatic hydroxyl groups is 1. The van der Waals surface area contributed by atoms with Crippen LogP contribution in [0.15, 0.2) is 48.7 Å². The molecule has 2 atom stereocenters. The number of nitrogens with one attached hydrogen (secondary N) is 1. The summed E-state index contributed by atoms with van der Waals surface area (Å²) in [5, 5.41) is 18.9. The molecule has 0 aliphatic rings. The highest BCUT2D eigenvalue weighted by Gasteiger charge is 2.56. The Bertz CT molecular complexity index is 969. The van der Waals surface area contributed by atoms with Gasteiger partial charge in [-0.15, -0.1) is 0 Å². The van der Waals surface area contributed by atoms with Gasteiger partial charge < -0.3 is 15.9 Å². The van der Waals surface area contributed by atoms with E-state index in [0.29, 0.717) is 11.1 Å². The van der Waals surface area contributed by atoms with Crippen molar-refractivity contribution < 1.29 is 36.6 Å². The first-order chi connectivity index (χ1) is 13.9. The summed E-state index contributed by atoms with van der Waals surface area (Å²) in [4.78, 5) is 14.3. The molecular formula is C18H20F3N3O5S. The topological polar surface area (TPSA) is 143 Å². The van der Waals surface area contributed by atoms with E-state index >= 15 is 0 Å². The predicted octanol–water partition coefficient (Wildman–Crippen LogP) is 1.22. The second kappa shape index (κ2) is 9.08. The summed E-state index contributed by atoms with van der Waals surface area (Å²) in [6, 6.07) is 9.49. The smallest absolute Gasteiger partial charge is 0.424 e. The van der Waals surface area contributed by atoms with Gasteiger partial charge in [0.1, 0.15) is 6.04 Å². The molecule has 0 spiro atoms. The molecule has 12 heteroatoms. The van der Waals surface area contributed by atoms with Crippen molar-refractivity contribution in [1.29, 1.82) is 0 Å². The lowest BCUT2D eigenvalue weighted by atomic mass is 9.97. The lowest BCUT2D eigenvalue weighted by molar-refractivity contribution is -0.264. The minimum Gasteiger partial charge on any atom is -0.480 e. The lowest BCUT2D eigenvalue weighted by Gasteiger charge is -2.30. The molecule has 0 aliphatic heterocycles. The zero-order valence-electron chi connectivity index (χ0n) is 15.5. The average Bonchev–Trinajstić information content (AvgIpc) is 2.70. The van der Waals surface area contributed by atoms with E-state index < -0.39 is 58.2 Å². The van der Waals surface area contributed by atoms with E-state index in [0.717, 1.165) is 12.3 Å². The Morgan fingerprint density at radius 2 is 1.77 bits per heavy atom. The predicted molar refractivity (Wildman–Crippen MR) is 102 cm³/mol. The summed E-state index contributed by atoms with van der Waals surface area (Å²) in [6.07, 6.45) is -4.62. The number of halogens is 3. The van der Waals surface area contributed by atoms with Gasteiger partial charge in [0.05, 0.1) is 18.0 Å². The Kier molecular flexibility index (Phi) is 7.18. The van der Waals surface area contributed by atoms with E-state index in [-0.39, 0.29) is 0 Å². The van der Waals surface area contributed by atoms with Crippen LogP contribution in [-0.2, 0) is 20.4 Å². The molecule has 0 fully saturated rings. The van der Waals surface area contributed by atoms with E-state index in [1.54, 1.807) is 35.1 Å². The molecule has 1 aromatic carbocycles. The molecule has 0 bridgehead atoms. The third kappa shape index (κ3) is 5.75. The molecule has 0 saturated heterocycles. The number of sulfonamides is 1. The molecule has 1 unspecified atom stereocenters. The maximum absolute atomic E-state index is 13.6. The first-order valence-electron chi connectivity index (χ1n) is 8.62. The number of carboxylic acid groups (broad SMARTS) is 1. The van der Waals surface area contributed by atoms with Gasteiger partial charge in [0.25, 0.3) is 0 Å². The van der Waals surface area contributed by atoms with Gasteiger partial charge in [0, 0.05) is 11.8 Å². The van der Waals surface area contributed by atoms with E-state index in [2.05, 4.69) is 4.98 Å². The van der Waals surface area contributed by atoms with Crippen molar-refractivity contribution in [2.24, 2.45) is 5.73 Å². The van der Waals surface area contributed by atoms with E-state index in [1.165, 1.54) is 6.07 Å². The Balaban J connectivity index is 2.21. The number of rotatable bonds is 9. The van der Waals surface area contributed by atoms with Gasteiger partial charge >= 0.3 is 12.1 Å². The fraction of sp³-hybridized carbons (Fsp3) is 0.333. The third-order valence-electron chi connectivity index (χ3n) is 4.33. The van der Waals surface area contributed by atoms with Crippen LogP contribution in [0.3, 0.4) is 0 Å². The first-order valence-corrected chi connectivity index (χ1v) is 10.3. The highest BCUT2D eigenvalue weighted by Crippen LogP contribution is 2.38. The van der Waals surface area contributed by atoms with Crippen LogP contribution < -0.4 is 10.5 Å². The number of nitrogens with two attached hydrogens (primary N) is 1. The molecule has 1 aromatic heterocycles. The average molecular weight is 447 g/mol. The van der Waals surface area contributed by atoms with Crippen LogP contribution in [0.5, 0.6) is 0 Å². The second-order valence-electron chi connectivity index (χ2n) is 6.53. The Labute approximate surface area is 170 Å². The second-order valence-corrected chi connectivity index (χ2v) is 8.46. The van der Waals surface area contributed by atoms with Crippen molar-refractivity contribution >= 4 is 16.0 Å². The number of hydrogen-bond acceptors (Lipinski definition) is 6. The third-order valence-corrected chi connectivity index (χ3v) is 5.68. The van der Waals surface area contributed by atoms with Gasteiger partial charge in [0.2, 0.25) is 15.6 Å². The SMILES string of the molecule is N[C@@H](CCS(=O)(=O)NCC(O)(c1ccc(-c2ccccc2)cn1)C(F)(F)F)C(=O)O. The standard InChI is InChI=1S/C18H20F3N3O5S/c19-18(20,21)17(27,11-24-30(28,29)9-8-14(22)16(25)26)15-7-6-13(10-23-15)12-4-2-1-3-5-12/h1-7,10,14,24,27H,8-9,11,22H2,(H,25,26)/t14-,17?/m0/s1. The van der Waals surface area contributed by atoms with Crippen LogP contribution in [0.4, 0.5) is 13.2 Å². The van der Waals surface area contributed by atoms with Crippen LogP contribution in [-0.4, -0.2) is 54.1 Å². The maximum atomic E-state index is 13.6. The van der Waals surface area contributed by atoms with Crippen molar-refractivity contribution in [3.05, 3.63) is 54.4 Å². The summed E-state index contributed by atoms with van der Waals surface area (Å²) in [5.74, 6) is -2.27. The molecule has 1 heterocycles. The van der Waals surface area contributed by atoms with Gasteiger partial charge in [-0.25, -0.2) is 13.1 Å². The summed E-state index contributed by atoms with van der Waals surface area (Å²) in [5.41, 5.74) is 2.02.